The summed E-state index contributed by atoms with van der Waals surface area (Å²) in [7, 11) is 0. The second kappa shape index (κ2) is 7.92. The smallest absolute Gasteiger partial charge is 0.0242 e. The van der Waals surface area contributed by atoms with E-state index in [9.17, 15) is 0 Å². The average molecular weight is 243 g/mol. The SMILES string of the molecule is C=C/C=C\C=C=C(C)/C(=C\C)CN1CCCC1C. The first-order chi connectivity index (χ1) is 8.69. The Bertz CT molecular complexity index is 392. The van der Waals surface area contributed by atoms with Crippen LogP contribution in [-0.4, -0.2) is 24.0 Å². The van der Waals surface area contributed by atoms with Crippen molar-refractivity contribution in [2.24, 2.45) is 0 Å². The van der Waals surface area contributed by atoms with Gasteiger partial charge in [0.25, 0.3) is 0 Å². The number of hydrogen-bond donors (Lipinski definition) is 0. The van der Waals surface area contributed by atoms with Gasteiger partial charge in [-0.25, -0.2) is 0 Å². The maximum Gasteiger partial charge on any atom is 0.0242 e. The van der Waals surface area contributed by atoms with E-state index in [1.807, 2.05) is 18.2 Å². The summed E-state index contributed by atoms with van der Waals surface area (Å²) >= 11 is 0. The average Bonchev–Trinajstić information content (AvgIpc) is 2.77. The molecule has 1 rings (SSSR count). The van der Waals surface area contributed by atoms with Gasteiger partial charge in [-0.3, -0.25) is 4.90 Å². The zero-order chi connectivity index (χ0) is 13.4. The Morgan fingerprint density at radius 3 is 2.78 bits per heavy atom. The molecule has 1 saturated heterocycles. The van der Waals surface area contributed by atoms with E-state index in [1.165, 1.54) is 30.5 Å². The van der Waals surface area contributed by atoms with Crippen LogP contribution < -0.4 is 0 Å². The molecule has 98 valence electrons. The van der Waals surface area contributed by atoms with Crippen molar-refractivity contribution in [1.82, 2.24) is 4.90 Å². The van der Waals surface area contributed by atoms with Gasteiger partial charge in [0.1, 0.15) is 0 Å². The van der Waals surface area contributed by atoms with Crippen LogP contribution >= 0.6 is 0 Å². The van der Waals surface area contributed by atoms with E-state index in [0.29, 0.717) is 0 Å². The van der Waals surface area contributed by atoms with Gasteiger partial charge < -0.3 is 0 Å². The van der Waals surface area contributed by atoms with Gasteiger partial charge in [0, 0.05) is 12.6 Å². The van der Waals surface area contributed by atoms with E-state index in [4.69, 9.17) is 0 Å². The standard InChI is InChI=1S/C17H25N/c1-5-7-8-9-11-15(3)17(6-2)14-18-13-10-12-16(18)4/h5-9,16H,1,10,12-14H2,2-4H3/b8-7-,17-6-. The van der Waals surface area contributed by atoms with E-state index in [1.54, 1.807) is 6.08 Å². The molecule has 1 fully saturated rings. The van der Waals surface area contributed by atoms with E-state index in [-0.39, 0.29) is 0 Å². The van der Waals surface area contributed by atoms with Crippen LogP contribution in [0.15, 0.2) is 53.8 Å². The zero-order valence-electron chi connectivity index (χ0n) is 11.9. The molecule has 0 amide bonds. The highest BCUT2D eigenvalue weighted by Crippen LogP contribution is 2.20. The van der Waals surface area contributed by atoms with Crippen LogP contribution in [0.1, 0.15) is 33.6 Å². The lowest BCUT2D eigenvalue weighted by molar-refractivity contribution is 0.293. The van der Waals surface area contributed by atoms with Crippen molar-refractivity contribution in [2.45, 2.75) is 39.7 Å². The number of hydrogen-bond acceptors (Lipinski definition) is 1. The van der Waals surface area contributed by atoms with Gasteiger partial charge in [-0.15, -0.1) is 5.73 Å². The molecular formula is C17H25N. The van der Waals surface area contributed by atoms with Gasteiger partial charge in [0.15, 0.2) is 0 Å². The van der Waals surface area contributed by atoms with Crippen LogP contribution in [0.4, 0.5) is 0 Å². The minimum absolute atomic E-state index is 0.720. The van der Waals surface area contributed by atoms with E-state index >= 15 is 0 Å². The highest BCUT2D eigenvalue weighted by Gasteiger charge is 2.20. The third-order valence-electron chi connectivity index (χ3n) is 3.54. The van der Waals surface area contributed by atoms with Crippen molar-refractivity contribution in [2.75, 3.05) is 13.1 Å². The molecule has 0 spiro atoms. The van der Waals surface area contributed by atoms with Crippen molar-refractivity contribution in [3.63, 3.8) is 0 Å². The molecule has 0 N–H and O–H groups in total. The molecule has 18 heavy (non-hydrogen) atoms. The van der Waals surface area contributed by atoms with Crippen LogP contribution in [0.5, 0.6) is 0 Å². The van der Waals surface area contributed by atoms with Crippen LogP contribution in [0.2, 0.25) is 0 Å². The summed E-state index contributed by atoms with van der Waals surface area (Å²) < 4.78 is 0. The molecule has 1 unspecified atom stereocenters. The van der Waals surface area contributed by atoms with E-state index in [0.717, 1.165) is 12.6 Å². The molecule has 0 bridgehead atoms. The van der Waals surface area contributed by atoms with Crippen molar-refractivity contribution in [3.05, 3.63) is 53.8 Å². The van der Waals surface area contributed by atoms with Gasteiger partial charge in [0.05, 0.1) is 0 Å². The summed E-state index contributed by atoms with van der Waals surface area (Å²) in [5.41, 5.74) is 5.93. The molecule has 0 aromatic rings. The maximum atomic E-state index is 3.65. The van der Waals surface area contributed by atoms with Crippen molar-refractivity contribution in [3.8, 4) is 0 Å². The second-order valence-corrected chi connectivity index (χ2v) is 4.83. The Balaban J connectivity index is 2.69. The van der Waals surface area contributed by atoms with E-state index in [2.05, 4.69) is 44.1 Å². The molecular weight excluding hydrogens is 218 g/mol. The molecule has 0 radical (unpaired) electrons. The topological polar surface area (TPSA) is 3.24 Å². The first-order valence-electron chi connectivity index (χ1n) is 6.79. The molecule has 1 aliphatic rings. The predicted octanol–water partition coefficient (Wildman–Crippen LogP) is 4.26. The number of likely N-dealkylation sites (tertiary alicyclic amines) is 1. The van der Waals surface area contributed by atoms with Crippen molar-refractivity contribution < 1.29 is 0 Å². The van der Waals surface area contributed by atoms with E-state index < -0.39 is 0 Å². The highest BCUT2D eigenvalue weighted by molar-refractivity contribution is 5.30. The third-order valence-corrected chi connectivity index (χ3v) is 3.54. The van der Waals surface area contributed by atoms with Crippen LogP contribution in [-0.2, 0) is 0 Å². The molecule has 1 atom stereocenters. The largest absolute Gasteiger partial charge is 0.296 e. The zero-order valence-corrected chi connectivity index (χ0v) is 11.9. The fourth-order valence-electron chi connectivity index (χ4n) is 2.27. The fourth-order valence-corrected chi connectivity index (χ4v) is 2.27. The van der Waals surface area contributed by atoms with Crippen LogP contribution in [0.25, 0.3) is 0 Å². The van der Waals surface area contributed by atoms with Crippen LogP contribution in [0.3, 0.4) is 0 Å². The molecule has 1 heteroatoms. The van der Waals surface area contributed by atoms with Crippen molar-refractivity contribution in [1.29, 1.82) is 0 Å². The quantitative estimate of drug-likeness (QED) is 0.515. The summed E-state index contributed by atoms with van der Waals surface area (Å²) in [4.78, 5) is 2.56. The van der Waals surface area contributed by atoms with Crippen LogP contribution in [0, 0.1) is 0 Å². The van der Waals surface area contributed by atoms with Gasteiger partial charge in [-0.1, -0.05) is 30.9 Å². The minimum atomic E-state index is 0.720. The molecule has 1 heterocycles. The fraction of sp³-hybridized carbons (Fsp3) is 0.471. The van der Waals surface area contributed by atoms with Gasteiger partial charge in [0.2, 0.25) is 0 Å². The summed E-state index contributed by atoms with van der Waals surface area (Å²) in [6.45, 7) is 12.5. The summed E-state index contributed by atoms with van der Waals surface area (Å²) in [5, 5.41) is 0. The molecule has 0 saturated carbocycles. The molecule has 0 aromatic heterocycles. The Kier molecular flexibility index (Phi) is 6.49. The number of allylic oxidation sites excluding steroid dienone is 4. The Hall–Kier alpha value is -1.30. The molecule has 1 aliphatic heterocycles. The Morgan fingerprint density at radius 1 is 1.44 bits per heavy atom. The number of rotatable bonds is 5. The van der Waals surface area contributed by atoms with Gasteiger partial charge >= 0.3 is 0 Å². The molecule has 1 nitrogen and oxygen atoms in total. The summed E-state index contributed by atoms with van der Waals surface area (Å²) in [6.07, 6.45) is 12.5. The van der Waals surface area contributed by atoms with Gasteiger partial charge in [-0.05, 0) is 57.4 Å². The Labute approximate surface area is 112 Å². The second-order valence-electron chi connectivity index (χ2n) is 4.83. The lowest BCUT2D eigenvalue weighted by Gasteiger charge is -2.22. The van der Waals surface area contributed by atoms with Gasteiger partial charge in [-0.2, -0.15) is 0 Å². The summed E-state index contributed by atoms with van der Waals surface area (Å²) in [5.74, 6) is 0. The first kappa shape index (κ1) is 14.8. The molecule has 0 aromatic carbocycles. The third kappa shape index (κ3) is 4.52. The summed E-state index contributed by atoms with van der Waals surface area (Å²) in [6, 6.07) is 0.720. The highest BCUT2D eigenvalue weighted by atomic mass is 15.2. The van der Waals surface area contributed by atoms with Crippen molar-refractivity contribution >= 4 is 0 Å². The maximum absolute atomic E-state index is 3.65. The predicted molar refractivity (Wildman–Crippen MR) is 80.6 cm³/mol. The number of nitrogens with zero attached hydrogens (tertiary/aromatic N) is 1. The lowest BCUT2D eigenvalue weighted by atomic mass is 10.1. The Morgan fingerprint density at radius 2 is 2.22 bits per heavy atom. The molecule has 0 aliphatic carbocycles. The first-order valence-corrected chi connectivity index (χ1v) is 6.79. The normalized spacial score (nSPS) is 21.1. The lowest BCUT2D eigenvalue weighted by Crippen LogP contribution is -2.29. The minimum Gasteiger partial charge on any atom is -0.296 e. The monoisotopic (exact) mass is 243 g/mol.